The molecule has 27 heavy (non-hydrogen) atoms. The maximum atomic E-state index is 5.89. The largest absolute Gasteiger partial charge is 0.381 e. The van der Waals surface area contributed by atoms with E-state index in [9.17, 15) is 0 Å². The van der Waals surface area contributed by atoms with Gasteiger partial charge in [-0.2, -0.15) is 0 Å². The number of hydrogen-bond donors (Lipinski definition) is 1. The Kier molecular flexibility index (Phi) is 5.64. The van der Waals surface area contributed by atoms with Gasteiger partial charge in [0.15, 0.2) is 0 Å². The number of fused-ring (bicyclic) bond motifs is 1. The molecule has 1 N–H and O–H groups in total. The number of aromatic nitrogens is 2. The van der Waals surface area contributed by atoms with Crippen LogP contribution in [-0.4, -0.2) is 60.4 Å². The van der Waals surface area contributed by atoms with Crippen molar-refractivity contribution in [3.63, 3.8) is 0 Å². The Morgan fingerprint density at radius 2 is 1.93 bits per heavy atom. The van der Waals surface area contributed by atoms with Crippen molar-refractivity contribution in [3.05, 3.63) is 16.3 Å². The molecule has 2 aromatic rings. The molecule has 0 bridgehead atoms. The van der Waals surface area contributed by atoms with Crippen LogP contribution in [0.2, 0.25) is 0 Å². The number of aryl methyl sites for hydroxylation is 2. The molecule has 2 fully saturated rings. The summed E-state index contributed by atoms with van der Waals surface area (Å²) in [5, 5.41) is 4.79. The summed E-state index contributed by atoms with van der Waals surface area (Å²) in [7, 11) is 1.81. The molecule has 0 aromatic carbocycles. The highest BCUT2D eigenvalue weighted by molar-refractivity contribution is 7.18. The van der Waals surface area contributed by atoms with Crippen molar-refractivity contribution in [1.29, 1.82) is 0 Å². The van der Waals surface area contributed by atoms with Gasteiger partial charge >= 0.3 is 0 Å². The Morgan fingerprint density at radius 3 is 2.63 bits per heavy atom. The standard InChI is InChI=1S/C20H30N4O2S/c1-14-15(2)27-19-17(14)18(21-13-20(25-3)6-10-26-11-7-20)22-16(23-19)12-24-8-4-5-9-24/h4-13H2,1-3H3,(H,21,22,23). The van der Waals surface area contributed by atoms with Crippen LogP contribution in [0.15, 0.2) is 0 Å². The van der Waals surface area contributed by atoms with Gasteiger partial charge < -0.3 is 14.8 Å². The van der Waals surface area contributed by atoms with E-state index in [0.29, 0.717) is 0 Å². The van der Waals surface area contributed by atoms with Crippen molar-refractivity contribution < 1.29 is 9.47 Å². The molecule has 0 unspecified atom stereocenters. The number of nitrogens with one attached hydrogen (secondary N) is 1. The normalized spacial score (nSPS) is 20.4. The molecule has 7 heteroatoms. The average Bonchev–Trinajstić information content (AvgIpc) is 3.29. The predicted molar refractivity (Wildman–Crippen MR) is 110 cm³/mol. The zero-order valence-corrected chi connectivity index (χ0v) is 17.5. The maximum absolute atomic E-state index is 5.89. The predicted octanol–water partition coefficient (Wildman–Crippen LogP) is 3.51. The Hall–Kier alpha value is -1.28. The number of hydrogen-bond acceptors (Lipinski definition) is 7. The van der Waals surface area contributed by atoms with Gasteiger partial charge in [0.1, 0.15) is 16.5 Å². The molecular formula is C20H30N4O2S. The first kappa shape index (κ1) is 19.1. The minimum absolute atomic E-state index is 0.177. The molecule has 0 aliphatic carbocycles. The number of methoxy groups -OCH3 is 1. The van der Waals surface area contributed by atoms with Crippen LogP contribution in [-0.2, 0) is 16.0 Å². The highest BCUT2D eigenvalue weighted by Crippen LogP contribution is 2.34. The molecule has 4 heterocycles. The molecule has 4 rings (SSSR count). The number of thiophene rings is 1. The third-order valence-corrected chi connectivity index (χ3v) is 7.15. The van der Waals surface area contributed by atoms with Gasteiger partial charge in [-0.15, -0.1) is 11.3 Å². The summed E-state index contributed by atoms with van der Waals surface area (Å²) in [6, 6.07) is 0. The smallest absolute Gasteiger partial charge is 0.146 e. The second-order valence-corrected chi connectivity index (χ2v) is 8.99. The first-order valence-corrected chi connectivity index (χ1v) is 10.8. The van der Waals surface area contributed by atoms with E-state index < -0.39 is 0 Å². The second kappa shape index (κ2) is 7.99. The number of likely N-dealkylation sites (tertiary alicyclic amines) is 1. The Labute approximate surface area is 165 Å². The zero-order chi connectivity index (χ0) is 18.9. The van der Waals surface area contributed by atoms with Crippen LogP contribution in [0.5, 0.6) is 0 Å². The molecular weight excluding hydrogens is 360 g/mol. The van der Waals surface area contributed by atoms with Gasteiger partial charge in [0.05, 0.1) is 17.5 Å². The summed E-state index contributed by atoms with van der Waals surface area (Å²) >= 11 is 1.77. The monoisotopic (exact) mass is 390 g/mol. The number of anilines is 1. The van der Waals surface area contributed by atoms with Gasteiger partial charge in [-0.1, -0.05) is 0 Å². The van der Waals surface area contributed by atoms with E-state index in [1.807, 2.05) is 0 Å². The van der Waals surface area contributed by atoms with Crippen LogP contribution < -0.4 is 5.32 Å². The quantitative estimate of drug-likeness (QED) is 0.814. The van der Waals surface area contributed by atoms with Gasteiger partial charge in [-0.25, -0.2) is 9.97 Å². The van der Waals surface area contributed by atoms with Crippen LogP contribution in [0.25, 0.3) is 10.2 Å². The van der Waals surface area contributed by atoms with Crippen molar-refractivity contribution in [3.8, 4) is 0 Å². The fourth-order valence-electron chi connectivity index (χ4n) is 4.07. The van der Waals surface area contributed by atoms with Gasteiger partial charge in [0, 0.05) is 44.6 Å². The summed E-state index contributed by atoms with van der Waals surface area (Å²) in [5.74, 6) is 1.88. The van der Waals surface area contributed by atoms with Crippen LogP contribution in [0, 0.1) is 13.8 Å². The van der Waals surface area contributed by atoms with Crippen LogP contribution >= 0.6 is 11.3 Å². The highest BCUT2D eigenvalue weighted by Gasteiger charge is 2.32. The summed E-state index contributed by atoms with van der Waals surface area (Å²) in [6.45, 7) is 9.74. The van der Waals surface area contributed by atoms with Crippen molar-refractivity contribution in [2.45, 2.75) is 51.7 Å². The average molecular weight is 391 g/mol. The lowest BCUT2D eigenvalue weighted by Crippen LogP contribution is -2.44. The second-order valence-electron chi connectivity index (χ2n) is 7.79. The van der Waals surface area contributed by atoms with Crippen LogP contribution in [0.4, 0.5) is 5.82 Å². The van der Waals surface area contributed by atoms with Gasteiger partial charge in [0.25, 0.3) is 0 Å². The van der Waals surface area contributed by atoms with Gasteiger partial charge in [0.2, 0.25) is 0 Å². The first-order valence-electron chi connectivity index (χ1n) is 9.96. The third kappa shape index (κ3) is 3.97. The minimum Gasteiger partial charge on any atom is -0.381 e. The lowest BCUT2D eigenvalue weighted by molar-refractivity contribution is -0.0807. The van der Waals surface area contributed by atoms with Crippen molar-refractivity contribution >= 4 is 27.4 Å². The van der Waals surface area contributed by atoms with Gasteiger partial charge in [-0.3, -0.25) is 4.90 Å². The number of rotatable bonds is 6. The summed E-state index contributed by atoms with van der Waals surface area (Å²) in [6.07, 6.45) is 4.38. The highest BCUT2D eigenvalue weighted by atomic mass is 32.1. The van der Waals surface area contributed by atoms with E-state index in [-0.39, 0.29) is 5.60 Å². The Balaban J connectivity index is 1.62. The molecule has 2 aliphatic rings. The third-order valence-electron chi connectivity index (χ3n) is 6.05. The zero-order valence-electron chi connectivity index (χ0n) is 16.6. The van der Waals surface area contributed by atoms with E-state index in [0.717, 1.165) is 68.7 Å². The lowest BCUT2D eigenvalue weighted by Gasteiger charge is -2.36. The molecule has 148 valence electrons. The number of ether oxygens (including phenoxy) is 2. The van der Waals surface area contributed by atoms with Gasteiger partial charge in [-0.05, 0) is 45.3 Å². The Morgan fingerprint density at radius 1 is 1.19 bits per heavy atom. The molecule has 6 nitrogen and oxygen atoms in total. The summed E-state index contributed by atoms with van der Waals surface area (Å²) in [5.41, 5.74) is 1.10. The summed E-state index contributed by atoms with van der Waals surface area (Å²) in [4.78, 5) is 14.7. The molecule has 2 saturated heterocycles. The SMILES string of the molecule is COC1(CNc2nc(CN3CCCC3)nc3sc(C)c(C)c23)CCOCC1. The number of nitrogens with zero attached hydrogens (tertiary/aromatic N) is 3. The maximum Gasteiger partial charge on any atom is 0.146 e. The molecule has 0 radical (unpaired) electrons. The summed E-state index contributed by atoms with van der Waals surface area (Å²) < 4.78 is 11.4. The van der Waals surface area contributed by atoms with Crippen LogP contribution in [0.1, 0.15) is 41.9 Å². The molecule has 0 amide bonds. The van der Waals surface area contributed by atoms with Crippen LogP contribution in [0.3, 0.4) is 0 Å². The molecule has 0 atom stereocenters. The van der Waals surface area contributed by atoms with Crippen molar-refractivity contribution in [1.82, 2.24) is 14.9 Å². The fraction of sp³-hybridized carbons (Fsp3) is 0.700. The van der Waals surface area contributed by atoms with E-state index >= 15 is 0 Å². The van der Waals surface area contributed by atoms with Crippen molar-refractivity contribution in [2.24, 2.45) is 0 Å². The minimum atomic E-state index is -0.177. The Bertz CT molecular complexity index is 795. The topological polar surface area (TPSA) is 59.5 Å². The lowest BCUT2D eigenvalue weighted by atomic mass is 9.94. The molecule has 0 spiro atoms. The molecule has 2 aromatic heterocycles. The molecule has 2 aliphatic heterocycles. The van der Waals surface area contributed by atoms with Crippen molar-refractivity contribution in [2.75, 3.05) is 45.3 Å². The van der Waals surface area contributed by atoms with E-state index in [1.165, 1.54) is 28.7 Å². The van der Waals surface area contributed by atoms with E-state index in [2.05, 4.69) is 24.1 Å². The van der Waals surface area contributed by atoms with E-state index in [1.54, 1.807) is 18.4 Å². The fourth-order valence-corrected chi connectivity index (χ4v) is 5.12. The van der Waals surface area contributed by atoms with E-state index in [4.69, 9.17) is 19.4 Å². The first-order chi connectivity index (χ1) is 13.1. The molecule has 0 saturated carbocycles.